The lowest BCUT2D eigenvalue weighted by molar-refractivity contribution is 0.724. The van der Waals surface area contributed by atoms with Crippen LogP contribution >= 0.6 is 0 Å². The summed E-state index contributed by atoms with van der Waals surface area (Å²) in [6, 6.07) is 8.30. The van der Waals surface area contributed by atoms with Crippen LogP contribution < -0.4 is 5.73 Å². The maximum absolute atomic E-state index is 6.04. The van der Waals surface area contributed by atoms with Gasteiger partial charge < -0.3 is 5.73 Å². The molecule has 0 spiro atoms. The largest absolute Gasteiger partial charge is 0.369 e. The molecule has 3 aromatic rings. The highest BCUT2D eigenvalue weighted by molar-refractivity contribution is 5.77. The maximum Gasteiger partial charge on any atom is 0.202 e. The van der Waals surface area contributed by atoms with Crippen molar-refractivity contribution >= 4 is 17.1 Å². The zero-order chi connectivity index (χ0) is 13.6. The van der Waals surface area contributed by atoms with E-state index in [-0.39, 0.29) is 0 Å². The predicted octanol–water partition coefficient (Wildman–Crippen LogP) is 2.02. The summed E-state index contributed by atoms with van der Waals surface area (Å²) in [5, 5.41) is 4.39. The van der Waals surface area contributed by atoms with Crippen LogP contribution in [0.1, 0.15) is 16.8 Å². The third-order valence-corrected chi connectivity index (χ3v) is 3.51. The van der Waals surface area contributed by atoms with E-state index in [1.54, 1.807) is 0 Å². The molecule has 5 heteroatoms. The molecule has 2 aromatic heterocycles. The van der Waals surface area contributed by atoms with Crippen LogP contribution in [0.5, 0.6) is 0 Å². The normalized spacial score (nSPS) is 11.3. The molecule has 0 unspecified atom stereocenters. The van der Waals surface area contributed by atoms with E-state index >= 15 is 0 Å². The van der Waals surface area contributed by atoms with Crippen molar-refractivity contribution < 1.29 is 0 Å². The number of nitrogens with zero attached hydrogens (tertiary/aromatic N) is 4. The molecule has 19 heavy (non-hydrogen) atoms. The van der Waals surface area contributed by atoms with Gasteiger partial charge >= 0.3 is 0 Å². The second-order valence-corrected chi connectivity index (χ2v) is 4.86. The smallest absolute Gasteiger partial charge is 0.202 e. The standard InChI is InChI=1S/C14H17N5/c1-9-6-4-5-7-11(9)8-19-13-12(16-14(19)15)10(2)17-18(13)3/h4-7H,8H2,1-3H3,(H2,15,16). The molecule has 0 aliphatic carbocycles. The summed E-state index contributed by atoms with van der Waals surface area (Å²) in [7, 11) is 1.92. The fraction of sp³-hybridized carbons (Fsp3) is 0.286. The Balaban J connectivity index is 2.15. The number of benzene rings is 1. The van der Waals surface area contributed by atoms with Gasteiger partial charge in [0.2, 0.25) is 5.95 Å². The summed E-state index contributed by atoms with van der Waals surface area (Å²) in [4.78, 5) is 4.42. The molecule has 0 amide bonds. The van der Waals surface area contributed by atoms with Crippen molar-refractivity contribution in [1.82, 2.24) is 19.3 Å². The van der Waals surface area contributed by atoms with Crippen molar-refractivity contribution in [3.05, 3.63) is 41.1 Å². The van der Waals surface area contributed by atoms with Gasteiger partial charge in [0.25, 0.3) is 0 Å². The van der Waals surface area contributed by atoms with Crippen LogP contribution in [0.15, 0.2) is 24.3 Å². The van der Waals surface area contributed by atoms with E-state index in [1.807, 2.05) is 35.4 Å². The molecule has 1 aromatic carbocycles. The van der Waals surface area contributed by atoms with Gasteiger partial charge in [-0.2, -0.15) is 5.10 Å². The Hall–Kier alpha value is -2.30. The van der Waals surface area contributed by atoms with Crippen LogP contribution in [0, 0.1) is 13.8 Å². The minimum absolute atomic E-state index is 0.536. The Morgan fingerprint density at radius 1 is 1.21 bits per heavy atom. The van der Waals surface area contributed by atoms with Gasteiger partial charge in [0, 0.05) is 7.05 Å². The van der Waals surface area contributed by atoms with Crippen LogP contribution in [-0.4, -0.2) is 19.3 Å². The van der Waals surface area contributed by atoms with Crippen molar-refractivity contribution in [2.75, 3.05) is 5.73 Å². The number of aryl methyl sites for hydroxylation is 3. The number of nitrogens with two attached hydrogens (primary N) is 1. The van der Waals surface area contributed by atoms with Gasteiger partial charge in [-0.15, -0.1) is 0 Å². The lowest BCUT2D eigenvalue weighted by atomic mass is 10.1. The summed E-state index contributed by atoms with van der Waals surface area (Å²) >= 11 is 0. The monoisotopic (exact) mass is 255 g/mol. The van der Waals surface area contributed by atoms with Gasteiger partial charge in [-0.1, -0.05) is 24.3 Å². The Morgan fingerprint density at radius 3 is 2.68 bits per heavy atom. The van der Waals surface area contributed by atoms with Crippen LogP contribution in [0.4, 0.5) is 5.95 Å². The average Bonchev–Trinajstić information content (AvgIpc) is 2.82. The minimum Gasteiger partial charge on any atom is -0.369 e. The van der Waals surface area contributed by atoms with E-state index < -0.39 is 0 Å². The summed E-state index contributed by atoms with van der Waals surface area (Å²) in [6.07, 6.45) is 0. The molecule has 0 bridgehead atoms. The van der Waals surface area contributed by atoms with Crippen molar-refractivity contribution in [2.24, 2.45) is 7.05 Å². The molecular weight excluding hydrogens is 238 g/mol. The average molecular weight is 255 g/mol. The van der Waals surface area contributed by atoms with Gasteiger partial charge in [0.1, 0.15) is 5.52 Å². The molecule has 5 nitrogen and oxygen atoms in total. The number of anilines is 1. The molecule has 0 aliphatic heterocycles. The quantitative estimate of drug-likeness (QED) is 0.762. The number of aromatic nitrogens is 4. The lowest BCUT2D eigenvalue weighted by Gasteiger charge is -2.09. The highest BCUT2D eigenvalue weighted by Crippen LogP contribution is 2.22. The number of hydrogen-bond donors (Lipinski definition) is 1. The molecule has 0 atom stereocenters. The number of fused-ring (bicyclic) bond motifs is 1. The van der Waals surface area contributed by atoms with Crippen LogP contribution in [-0.2, 0) is 13.6 Å². The van der Waals surface area contributed by atoms with Gasteiger partial charge in [0.15, 0.2) is 5.65 Å². The van der Waals surface area contributed by atoms with Crippen LogP contribution in [0.2, 0.25) is 0 Å². The van der Waals surface area contributed by atoms with Crippen LogP contribution in [0.3, 0.4) is 0 Å². The molecule has 3 rings (SSSR count). The fourth-order valence-corrected chi connectivity index (χ4v) is 2.47. The molecule has 0 fully saturated rings. The Kier molecular flexibility index (Phi) is 2.55. The van der Waals surface area contributed by atoms with Crippen molar-refractivity contribution in [3.63, 3.8) is 0 Å². The topological polar surface area (TPSA) is 61.7 Å². The molecule has 0 radical (unpaired) electrons. The summed E-state index contributed by atoms with van der Waals surface area (Å²) in [6.45, 7) is 4.77. The Labute approximate surface area is 111 Å². The number of rotatable bonds is 2. The summed E-state index contributed by atoms with van der Waals surface area (Å²) < 4.78 is 3.85. The van der Waals surface area contributed by atoms with E-state index in [2.05, 4.69) is 29.1 Å². The second-order valence-electron chi connectivity index (χ2n) is 4.86. The van der Waals surface area contributed by atoms with E-state index in [1.165, 1.54) is 11.1 Å². The SMILES string of the molecule is Cc1ccccc1Cn1c(N)nc2c(C)nn(C)c21. The van der Waals surface area contributed by atoms with E-state index in [0.717, 1.165) is 16.9 Å². The Morgan fingerprint density at radius 2 is 1.95 bits per heavy atom. The predicted molar refractivity (Wildman–Crippen MR) is 75.9 cm³/mol. The number of nitrogen functional groups attached to an aromatic ring is 1. The molecule has 0 saturated heterocycles. The fourth-order valence-electron chi connectivity index (χ4n) is 2.47. The third-order valence-electron chi connectivity index (χ3n) is 3.51. The third kappa shape index (κ3) is 1.78. The molecule has 2 N–H and O–H groups in total. The number of imidazole rings is 1. The first-order valence-corrected chi connectivity index (χ1v) is 6.27. The van der Waals surface area contributed by atoms with E-state index in [4.69, 9.17) is 5.73 Å². The van der Waals surface area contributed by atoms with Crippen molar-refractivity contribution in [3.8, 4) is 0 Å². The molecule has 2 heterocycles. The lowest BCUT2D eigenvalue weighted by Crippen LogP contribution is -2.08. The van der Waals surface area contributed by atoms with Gasteiger partial charge in [-0.25, -0.2) is 4.98 Å². The van der Waals surface area contributed by atoms with E-state index in [9.17, 15) is 0 Å². The van der Waals surface area contributed by atoms with Crippen molar-refractivity contribution in [2.45, 2.75) is 20.4 Å². The maximum atomic E-state index is 6.04. The highest BCUT2D eigenvalue weighted by atomic mass is 15.3. The first-order valence-electron chi connectivity index (χ1n) is 6.27. The summed E-state index contributed by atoms with van der Waals surface area (Å²) in [5.74, 6) is 0.536. The molecule has 98 valence electrons. The first kappa shape index (κ1) is 11.8. The minimum atomic E-state index is 0.536. The van der Waals surface area contributed by atoms with Crippen LogP contribution in [0.25, 0.3) is 11.2 Å². The first-order chi connectivity index (χ1) is 9.08. The second kappa shape index (κ2) is 4.12. The molecular formula is C14H17N5. The van der Waals surface area contributed by atoms with E-state index in [0.29, 0.717) is 12.5 Å². The number of hydrogen-bond acceptors (Lipinski definition) is 3. The zero-order valence-electron chi connectivity index (χ0n) is 11.4. The van der Waals surface area contributed by atoms with Gasteiger partial charge in [-0.05, 0) is 25.0 Å². The highest BCUT2D eigenvalue weighted by Gasteiger charge is 2.16. The summed E-state index contributed by atoms with van der Waals surface area (Å²) in [5.41, 5.74) is 11.3. The molecule has 0 aliphatic rings. The van der Waals surface area contributed by atoms with Gasteiger partial charge in [0.05, 0.1) is 12.2 Å². The van der Waals surface area contributed by atoms with Gasteiger partial charge in [-0.3, -0.25) is 9.25 Å². The molecule has 0 saturated carbocycles. The Bertz CT molecular complexity index is 751. The zero-order valence-corrected chi connectivity index (χ0v) is 11.4. The van der Waals surface area contributed by atoms with Crippen molar-refractivity contribution in [1.29, 1.82) is 0 Å².